The molecule has 0 bridgehead atoms. The van der Waals surface area contributed by atoms with E-state index in [0.717, 1.165) is 12.0 Å². The van der Waals surface area contributed by atoms with E-state index in [9.17, 15) is 4.79 Å². The van der Waals surface area contributed by atoms with E-state index in [1.807, 2.05) is 24.3 Å². The zero-order valence-electron chi connectivity index (χ0n) is 16.0. The van der Waals surface area contributed by atoms with Gasteiger partial charge in [-0.25, -0.2) is 0 Å². The number of aliphatic hydroxyl groups is 1. The fourth-order valence-corrected chi connectivity index (χ4v) is 3.08. The van der Waals surface area contributed by atoms with Crippen LogP contribution in [0.3, 0.4) is 0 Å². The highest BCUT2D eigenvalue weighted by Gasteiger charge is 2.29. The third kappa shape index (κ3) is 5.37. The maximum absolute atomic E-state index is 12.5. The molecule has 0 saturated heterocycles. The minimum absolute atomic E-state index is 0.0609. The Morgan fingerprint density at radius 2 is 2.11 bits per heavy atom. The van der Waals surface area contributed by atoms with Crippen molar-refractivity contribution in [3.05, 3.63) is 35.6 Å². The fourth-order valence-electron chi connectivity index (χ4n) is 3.08. The van der Waals surface area contributed by atoms with E-state index in [0.29, 0.717) is 44.1 Å². The lowest BCUT2D eigenvalue weighted by Gasteiger charge is -2.29. The van der Waals surface area contributed by atoms with Crippen molar-refractivity contribution in [3.63, 3.8) is 0 Å². The molecule has 0 aliphatic carbocycles. The molecule has 0 spiro atoms. The monoisotopic (exact) mass is 393 g/mol. The molecule has 2 aliphatic rings. The van der Waals surface area contributed by atoms with Crippen molar-refractivity contribution < 1.29 is 33.6 Å². The van der Waals surface area contributed by atoms with Gasteiger partial charge < -0.3 is 34.1 Å². The van der Waals surface area contributed by atoms with Gasteiger partial charge in [0.15, 0.2) is 17.3 Å². The number of ether oxygens (including phenoxy) is 5. The number of aliphatic hydroxyl groups excluding tert-OH is 1. The van der Waals surface area contributed by atoms with Crippen LogP contribution in [0.2, 0.25) is 0 Å². The SMILES string of the molecule is COCCNC(=O)C1=C[C@H](c2ccc3c(c2)OCO3)C[C@H](OCCCCO)O1. The molecule has 1 aromatic carbocycles. The summed E-state index contributed by atoms with van der Waals surface area (Å²) >= 11 is 0. The number of rotatable bonds is 10. The molecular formula is C20H27NO7. The van der Waals surface area contributed by atoms with E-state index in [1.165, 1.54) is 0 Å². The number of benzene rings is 1. The molecule has 2 N–H and O–H groups in total. The number of allylic oxidation sites excluding steroid dienone is 1. The highest BCUT2D eigenvalue weighted by molar-refractivity contribution is 5.91. The number of nitrogens with one attached hydrogen (secondary N) is 1. The highest BCUT2D eigenvalue weighted by atomic mass is 16.7. The van der Waals surface area contributed by atoms with E-state index in [4.69, 9.17) is 28.8 Å². The Morgan fingerprint density at radius 1 is 1.25 bits per heavy atom. The summed E-state index contributed by atoms with van der Waals surface area (Å²) in [6, 6.07) is 5.76. The lowest BCUT2D eigenvalue weighted by Crippen LogP contribution is -2.34. The minimum atomic E-state index is -0.540. The molecule has 8 heteroatoms. The van der Waals surface area contributed by atoms with E-state index in [1.54, 1.807) is 7.11 Å². The average molecular weight is 393 g/mol. The van der Waals surface area contributed by atoms with E-state index < -0.39 is 6.29 Å². The summed E-state index contributed by atoms with van der Waals surface area (Å²) in [6.07, 6.45) is 3.24. The van der Waals surface area contributed by atoms with Crippen molar-refractivity contribution in [1.82, 2.24) is 5.32 Å². The van der Waals surface area contributed by atoms with Crippen LogP contribution in [-0.4, -0.2) is 57.6 Å². The van der Waals surface area contributed by atoms with Crippen molar-refractivity contribution in [2.75, 3.05) is 40.3 Å². The molecule has 0 aromatic heterocycles. The summed E-state index contributed by atoms with van der Waals surface area (Å²) in [5, 5.41) is 11.7. The summed E-state index contributed by atoms with van der Waals surface area (Å²) in [5.41, 5.74) is 0.999. The van der Waals surface area contributed by atoms with Gasteiger partial charge in [-0.15, -0.1) is 0 Å². The molecule has 2 atom stereocenters. The lowest BCUT2D eigenvalue weighted by molar-refractivity contribution is -0.146. The Hall–Kier alpha value is -2.29. The third-order valence-electron chi connectivity index (χ3n) is 4.55. The molecule has 0 radical (unpaired) electrons. The second-order valence-electron chi connectivity index (χ2n) is 6.58. The number of hydrogen-bond acceptors (Lipinski definition) is 7. The minimum Gasteiger partial charge on any atom is -0.459 e. The third-order valence-corrected chi connectivity index (χ3v) is 4.55. The van der Waals surface area contributed by atoms with Gasteiger partial charge in [-0.1, -0.05) is 6.07 Å². The van der Waals surface area contributed by atoms with Crippen LogP contribution in [0.4, 0.5) is 0 Å². The van der Waals surface area contributed by atoms with E-state index in [2.05, 4.69) is 5.32 Å². The molecule has 8 nitrogen and oxygen atoms in total. The molecule has 0 unspecified atom stereocenters. The van der Waals surface area contributed by atoms with Crippen molar-refractivity contribution >= 4 is 5.91 Å². The molecule has 1 amide bonds. The van der Waals surface area contributed by atoms with Crippen molar-refractivity contribution in [1.29, 1.82) is 0 Å². The van der Waals surface area contributed by atoms with Gasteiger partial charge in [0, 0.05) is 32.6 Å². The van der Waals surface area contributed by atoms with Gasteiger partial charge >= 0.3 is 0 Å². The average Bonchev–Trinajstić information content (AvgIpc) is 3.19. The summed E-state index contributed by atoms with van der Waals surface area (Å²) in [4.78, 5) is 12.5. The van der Waals surface area contributed by atoms with Gasteiger partial charge in [-0.05, 0) is 36.6 Å². The summed E-state index contributed by atoms with van der Waals surface area (Å²) < 4.78 is 27.4. The molecule has 0 saturated carbocycles. The van der Waals surface area contributed by atoms with Crippen LogP contribution in [0.1, 0.15) is 30.7 Å². The summed E-state index contributed by atoms with van der Waals surface area (Å²) in [7, 11) is 1.58. The Kier molecular flexibility index (Phi) is 7.53. The second-order valence-corrected chi connectivity index (χ2v) is 6.58. The first kappa shape index (κ1) is 20.4. The Bertz CT molecular complexity index is 691. The number of unbranched alkanes of at least 4 members (excludes halogenated alkanes) is 1. The molecular weight excluding hydrogens is 366 g/mol. The van der Waals surface area contributed by atoms with Gasteiger partial charge in [0.25, 0.3) is 5.91 Å². The molecule has 2 aliphatic heterocycles. The summed E-state index contributed by atoms with van der Waals surface area (Å²) in [5.74, 6) is 1.29. The second kappa shape index (κ2) is 10.3. The van der Waals surface area contributed by atoms with Gasteiger partial charge in [0.05, 0.1) is 13.2 Å². The number of methoxy groups -OCH3 is 1. The normalized spacial score (nSPS) is 20.4. The van der Waals surface area contributed by atoms with Crippen molar-refractivity contribution in [2.45, 2.75) is 31.5 Å². The first-order valence-electron chi connectivity index (χ1n) is 9.49. The molecule has 154 valence electrons. The van der Waals surface area contributed by atoms with Crippen molar-refractivity contribution in [2.24, 2.45) is 0 Å². The first-order valence-corrected chi connectivity index (χ1v) is 9.49. The Labute approximate surface area is 164 Å². The standard InChI is InChI=1S/C20H27NO7/c1-24-9-6-21-20(23)18-11-15(12-19(28-18)25-8-3-2-7-22)14-4-5-16-17(10-14)27-13-26-16/h4-5,10-11,15,19,22H,2-3,6-9,12-13H2,1H3,(H,21,23)/t15-,19+/m0/s1. The molecule has 28 heavy (non-hydrogen) atoms. The van der Waals surface area contributed by atoms with Crippen LogP contribution in [0.5, 0.6) is 11.5 Å². The van der Waals surface area contributed by atoms with Crippen molar-refractivity contribution in [3.8, 4) is 11.5 Å². The van der Waals surface area contributed by atoms with E-state index >= 15 is 0 Å². The summed E-state index contributed by atoms with van der Waals surface area (Å²) in [6.45, 7) is 1.62. The zero-order valence-corrected chi connectivity index (χ0v) is 16.0. The molecule has 2 heterocycles. The molecule has 3 rings (SSSR count). The van der Waals surface area contributed by atoms with Gasteiger partial charge in [0.2, 0.25) is 13.1 Å². The quantitative estimate of drug-likeness (QED) is 0.584. The van der Waals surface area contributed by atoms with Crippen LogP contribution >= 0.6 is 0 Å². The Morgan fingerprint density at radius 3 is 2.93 bits per heavy atom. The number of carbonyl (C=O) groups excluding carboxylic acids is 1. The molecule has 1 aromatic rings. The largest absolute Gasteiger partial charge is 0.459 e. The lowest BCUT2D eigenvalue weighted by atomic mass is 9.92. The number of hydrogen-bond donors (Lipinski definition) is 2. The maximum Gasteiger partial charge on any atom is 0.286 e. The Balaban J connectivity index is 1.72. The van der Waals surface area contributed by atoms with Crippen LogP contribution in [0, 0.1) is 0 Å². The topological polar surface area (TPSA) is 95.5 Å². The van der Waals surface area contributed by atoms with Gasteiger partial charge in [-0.2, -0.15) is 0 Å². The highest BCUT2D eigenvalue weighted by Crippen LogP contribution is 2.38. The number of fused-ring (bicyclic) bond motifs is 1. The predicted molar refractivity (Wildman–Crippen MR) is 100 cm³/mol. The zero-order chi connectivity index (χ0) is 19.8. The smallest absolute Gasteiger partial charge is 0.286 e. The van der Waals surface area contributed by atoms with Crippen LogP contribution in [-0.2, 0) is 19.0 Å². The molecule has 0 fully saturated rings. The number of amides is 1. The van der Waals surface area contributed by atoms with Gasteiger partial charge in [0.1, 0.15) is 0 Å². The maximum atomic E-state index is 12.5. The van der Waals surface area contributed by atoms with E-state index in [-0.39, 0.29) is 31.0 Å². The predicted octanol–water partition coefficient (Wildman–Crippen LogP) is 1.68. The van der Waals surface area contributed by atoms with Crippen LogP contribution < -0.4 is 14.8 Å². The van der Waals surface area contributed by atoms with Gasteiger partial charge in [-0.3, -0.25) is 4.79 Å². The van der Waals surface area contributed by atoms with Crippen LogP contribution in [0.25, 0.3) is 0 Å². The number of carbonyl (C=O) groups is 1. The first-order chi connectivity index (χ1) is 13.7. The van der Waals surface area contributed by atoms with Crippen LogP contribution in [0.15, 0.2) is 30.0 Å². The fraction of sp³-hybridized carbons (Fsp3) is 0.550.